The molecule has 2 heterocycles. The Labute approximate surface area is 131 Å². The van der Waals surface area contributed by atoms with Crippen LogP contribution in [0.2, 0.25) is 0 Å². The van der Waals surface area contributed by atoms with Gasteiger partial charge in [-0.25, -0.2) is 0 Å². The van der Waals surface area contributed by atoms with Crippen molar-refractivity contribution >= 4 is 11.8 Å². The summed E-state index contributed by atoms with van der Waals surface area (Å²) in [5.41, 5.74) is 0.357. The van der Waals surface area contributed by atoms with E-state index in [-0.39, 0.29) is 17.9 Å². The molecule has 1 unspecified atom stereocenters. The topological polar surface area (TPSA) is 71.3 Å². The van der Waals surface area contributed by atoms with E-state index in [1.807, 2.05) is 11.8 Å². The van der Waals surface area contributed by atoms with E-state index in [2.05, 4.69) is 10.3 Å². The van der Waals surface area contributed by atoms with E-state index in [9.17, 15) is 9.59 Å². The number of rotatable bonds is 5. The lowest BCUT2D eigenvalue weighted by Crippen LogP contribution is -2.43. The molecule has 7 heteroatoms. The summed E-state index contributed by atoms with van der Waals surface area (Å²) in [6.45, 7) is 3.44. The highest BCUT2D eigenvalue weighted by molar-refractivity contribution is 5.91. The Kier molecular flexibility index (Phi) is 5.51. The molecule has 2 amide bonds. The summed E-state index contributed by atoms with van der Waals surface area (Å²) in [6, 6.07) is 0.276. The summed E-state index contributed by atoms with van der Waals surface area (Å²) < 4.78 is 1.69. The quantitative estimate of drug-likeness (QED) is 0.818. The van der Waals surface area contributed by atoms with Gasteiger partial charge in [-0.05, 0) is 25.7 Å². The molecule has 7 nitrogen and oxygen atoms in total. The molecule has 0 saturated carbocycles. The van der Waals surface area contributed by atoms with Gasteiger partial charge in [0, 0.05) is 39.6 Å². The van der Waals surface area contributed by atoms with Gasteiger partial charge < -0.3 is 9.80 Å². The lowest BCUT2D eigenvalue weighted by molar-refractivity contribution is -0.134. The maximum Gasteiger partial charge on any atom is 0.275 e. The summed E-state index contributed by atoms with van der Waals surface area (Å²) >= 11 is 0. The molecule has 0 aromatic carbocycles. The minimum absolute atomic E-state index is 0.147. The van der Waals surface area contributed by atoms with E-state index in [4.69, 9.17) is 0 Å². The average Bonchev–Trinajstić information content (AvgIpc) is 3.00. The van der Waals surface area contributed by atoms with Crippen molar-refractivity contribution in [2.75, 3.05) is 20.6 Å². The number of piperidine rings is 1. The Morgan fingerprint density at radius 1 is 1.36 bits per heavy atom. The molecule has 0 N–H and O–H groups in total. The molecule has 2 rings (SSSR count). The van der Waals surface area contributed by atoms with Crippen molar-refractivity contribution in [3.63, 3.8) is 0 Å². The Bertz CT molecular complexity index is 526. The van der Waals surface area contributed by atoms with Crippen molar-refractivity contribution in [1.29, 1.82) is 0 Å². The third kappa shape index (κ3) is 3.84. The van der Waals surface area contributed by atoms with Gasteiger partial charge in [-0.15, -0.1) is 5.10 Å². The molecule has 1 fully saturated rings. The van der Waals surface area contributed by atoms with Gasteiger partial charge in [0.15, 0.2) is 5.69 Å². The van der Waals surface area contributed by atoms with Crippen LogP contribution in [0.1, 0.15) is 49.5 Å². The zero-order valence-electron chi connectivity index (χ0n) is 13.7. The molecule has 0 aliphatic carbocycles. The summed E-state index contributed by atoms with van der Waals surface area (Å²) in [5.74, 6) is 0.0819. The summed E-state index contributed by atoms with van der Waals surface area (Å²) in [5, 5.41) is 7.92. The largest absolute Gasteiger partial charge is 0.343 e. The van der Waals surface area contributed by atoms with Crippen LogP contribution < -0.4 is 0 Å². The Morgan fingerprint density at radius 3 is 2.82 bits per heavy atom. The van der Waals surface area contributed by atoms with Crippen molar-refractivity contribution in [3.8, 4) is 0 Å². The highest BCUT2D eigenvalue weighted by Gasteiger charge is 2.25. The third-order valence-corrected chi connectivity index (χ3v) is 4.11. The van der Waals surface area contributed by atoms with E-state index < -0.39 is 0 Å². The number of amides is 2. The third-order valence-electron chi connectivity index (χ3n) is 4.11. The van der Waals surface area contributed by atoms with Crippen LogP contribution in [-0.2, 0) is 11.3 Å². The molecule has 0 bridgehead atoms. The molecule has 1 atom stereocenters. The molecular formula is C15H25N5O2. The van der Waals surface area contributed by atoms with Gasteiger partial charge >= 0.3 is 0 Å². The lowest BCUT2D eigenvalue weighted by atomic mass is 9.99. The molecular weight excluding hydrogens is 282 g/mol. The molecule has 1 aromatic rings. The molecule has 22 heavy (non-hydrogen) atoms. The molecule has 1 aromatic heterocycles. The zero-order chi connectivity index (χ0) is 16.1. The fourth-order valence-corrected chi connectivity index (χ4v) is 2.85. The number of aryl methyl sites for hydroxylation is 1. The number of likely N-dealkylation sites (tertiary alicyclic amines) is 1. The van der Waals surface area contributed by atoms with Crippen molar-refractivity contribution < 1.29 is 9.59 Å². The number of nitrogens with zero attached hydrogens (tertiary/aromatic N) is 5. The Balaban J connectivity index is 1.94. The van der Waals surface area contributed by atoms with E-state index in [0.717, 1.165) is 25.8 Å². The number of hydrogen-bond donors (Lipinski definition) is 0. The first-order chi connectivity index (χ1) is 10.5. The number of carbonyl (C=O) groups is 2. The predicted molar refractivity (Wildman–Crippen MR) is 82.3 cm³/mol. The predicted octanol–water partition coefficient (Wildman–Crippen LogP) is 1.16. The van der Waals surface area contributed by atoms with Crippen LogP contribution in [0.4, 0.5) is 0 Å². The lowest BCUT2D eigenvalue weighted by Gasteiger charge is -2.35. The highest BCUT2D eigenvalue weighted by Crippen LogP contribution is 2.21. The van der Waals surface area contributed by atoms with Crippen LogP contribution in [0.3, 0.4) is 0 Å². The number of aromatic nitrogens is 3. The fraction of sp³-hybridized carbons (Fsp3) is 0.733. The molecule has 0 spiro atoms. The van der Waals surface area contributed by atoms with Gasteiger partial charge in [0.05, 0.1) is 6.20 Å². The van der Waals surface area contributed by atoms with Crippen LogP contribution in [-0.4, -0.2) is 63.3 Å². The second-order valence-corrected chi connectivity index (χ2v) is 5.95. The SMILES string of the molecule is CCC(=O)N1CCCCC1CCn1cc(C(=O)N(C)C)nn1. The summed E-state index contributed by atoms with van der Waals surface area (Å²) in [4.78, 5) is 27.3. The van der Waals surface area contributed by atoms with Gasteiger partial charge in [-0.2, -0.15) is 0 Å². The van der Waals surface area contributed by atoms with Gasteiger partial charge in [0.2, 0.25) is 5.91 Å². The Hall–Kier alpha value is -1.92. The first-order valence-electron chi connectivity index (χ1n) is 7.94. The monoisotopic (exact) mass is 307 g/mol. The molecule has 0 radical (unpaired) electrons. The van der Waals surface area contributed by atoms with Crippen molar-refractivity contribution in [2.45, 2.75) is 51.6 Å². The minimum atomic E-state index is -0.147. The maximum absolute atomic E-state index is 12.0. The summed E-state index contributed by atoms with van der Waals surface area (Å²) in [7, 11) is 3.38. The maximum atomic E-state index is 12.0. The molecule has 1 aliphatic heterocycles. The van der Waals surface area contributed by atoms with Crippen LogP contribution in [0.5, 0.6) is 0 Å². The minimum Gasteiger partial charge on any atom is -0.343 e. The Morgan fingerprint density at radius 2 is 2.14 bits per heavy atom. The average molecular weight is 307 g/mol. The van der Waals surface area contributed by atoms with Gasteiger partial charge in [-0.3, -0.25) is 14.3 Å². The van der Waals surface area contributed by atoms with E-state index in [1.54, 1.807) is 25.0 Å². The molecule has 1 saturated heterocycles. The van der Waals surface area contributed by atoms with Crippen LogP contribution in [0.15, 0.2) is 6.20 Å². The van der Waals surface area contributed by atoms with Gasteiger partial charge in [0.25, 0.3) is 5.91 Å². The van der Waals surface area contributed by atoms with E-state index in [0.29, 0.717) is 18.7 Å². The second-order valence-electron chi connectivity index (χ2n) is 5.95. The summed E-state index contributed by atoms with van der Waals surface area (Å²) in [6.07, 6.45) is 6.39. The van der Waals surface area contributed by atoms with Crippen molar-refractivity contribution in [3.05, 3.63) is 11.9 Å². The smallest absolute Gasteiger partial charge is 0.275 e. The molecule has 1 aliphatic rings. The van der Waals surface area contributed by atoms with Crippen LogP contribution in [0.25, 0.3) is 0 Å². The first kappa shape index (κ1) is 16.5. The van der Waals surface area contributed by atoms with Gasteiger partial charge in [-0.1, -0.05) is 12.1 Å². The van der Waals surface area contributed by atoms with Gasteiger partial charge in [0.1, 0.15) is 0 Å². The standard InChI is InChI=1S/C15H25N5O2/c1-4-14(21)20-9-6-5-7-12(20)8-10-19-11-13(16-17-19)15(22)18(2)3/h11-12H,4-10H2,1-3H3. The highest BCUT2D eigenvalue weighted by atomic mass is 16.2. The number of hydrogen-bond acceptors (Lipinski definition) is 4. The van der Waals surface area contributed by atoms with E-state index >= 15 is 0 Å². The molecule has 122 valence electrons. The second kappa shape index (κ2) is 7.38. The number of carbonyl (C=O) groups excluding carboxylic acids is 2. The van der Waals surface area contributed by atoms with Crippen molar-refractivity contribution in [2.24, 2.45) is 0 Å². The zero-order valence-corrected chi connectivity index (χ0v) is 13.7. The fourth-order valence-electron chi connectivity index (χ4n) is 2.85. The first-order valence-corrected chi connectivity index (χ1v) is 7.94. The van der Waals surface area contributed by atoms with Crippen molar-refractivity contribution in [1.82, 2.24) is 24.8 Å². The van der Waals surface area contributed by atoms with Crippen LogP contribution >= 0.6 is 0 Å². The van der Waals surface area contributed by atoms with E-state index in [1.165, 1.54) is 11.3 Å². The normalized spacial score (nSPS) is 18.3. The van der Waals surface area contributed by atoms with Crippen LogP contribution in [0, 0.1) is 0 Å².